The van der Waals surface area contributed by atoms with E-state index in [9.17, 15) is 14.4 Å². The molecule has 0 bridgehead atoms. The Morgan fingerprint density at radius 3 is 2.26 bits per heavy atom. The summed E-state index contributed by atoms with van der Waals surface area (Å²) in [5, 5.41) is 8.95. The van der Waals surface area contributed by atoms with E-state index in [1.165, 1.54) is 0 Å². The first kappa shape index (κ1) is 24.7. The number of methoxy groups -OCH3 is 1. The van der Waals surface area contributed by atoms with Gasteiger partial charge in [0.25, 0.3) is 5.91 Å². The van der Waals surface area contributed by atoms with E-state index in [0.717, 1.165) is 25.7 Å². The van der Waals surface area contributed by atoms with Crippen LogP contribution in [0.25, 0.3) is 0 Å². The van der Waals surface area contributed by atoms with Crippen molar-refractivity contribution in [3.05, 3.63) is 54.1 Å². The van der Waals surface area contributed by atoms with Crippen LogP contribution in [0.1, 0.15) is 48.9 Å². The first-order valence-corrected chi connectivity index (χ1v) is 12.4. The molecule has 8 heteroatoms. The van der Waals surface area contributed by atoms with Crippen molar-refractivity contribution in [2.75, 3.05) is 37.4 Å². The molecule has 1 aliphatic heterocycles. The number of anilines is 2. The largest absolute Gasteiger partial charge is 0.495 e. The van der Waals surface area contributed by atoms with Crippen LogP contribution in [-0.2, 0) is 9.59 Å². The van der Waals surface area contributed by atoms with E-state index in [-0.39, 0.29) is 36.2 Å². The van der Waals surface area contributed by atoms with E-state index >= 15 is 0 Å². The molecule has 35 heavy (non-hydrogen) atoms. The molecule has 0 unspecified atom stereocenters. The topological polar surface area (TPSA) is 99.8 Å². The van der Waals surface area contributed by atoms with E-state index < -0.39 is 0 Å². The molecule has 2 aliphatic rings. The molecule has 186 valence electrons. The smallest absolute Gasteiger partial charge is 0.253 e. The first-order chi connectivity index (χ1) is 17.0. The summed E-state index contributed by atoms with van der Waals surface area (Å²) in [6, 6.07) is 14.7. The number of nitrogens with zero attached hydrogens (tertiary/aromatic N) is 1. The summed E-state index contributed by atoms with van der Waals surface area (Å²) in [5.74, 6) is 0.185. The fraction of sp³-hybridized carbons (Fsp3) is 0.444. The van der Waals surface area contributed by atoms with Gasteiger partial charge in [0.15, 0.2) is 0 Å². The summed E-state index contributed by atoms with van der Waals surface area (Å²) < 4.78 is 5.31. The van der Waals surface area contributed by atoms with Gasteiger partial charge < -0.3 is 20.7 Å². The Hall–Kier alpha value is -3.39. The van der Waals surface area contributed by atoms with E-state index in [1.54, 1.807) is 25.3 Å². The van der Waals surface area contributed by atoms with E-state index in [2.05, 4.69) is 16.0 Å². The standard InChI is InChI=1S/C27H34N4O4/c1-35-24-13-7-6-12-23(24)30-26(33)19-14-16-31(17-15-19)18-25(32)29-22-11-5-4-10-21(22)27(34)28-20-8-2-3-9-20/h4-7,10-13,19-20H,2-3,8-9,14-18H2,1H3,(H,28,34)(H,29,32)(H,30,33). The van der Waals surface area contributed by atoms with Gasteiger partial charge >= 0.3 is 0 Å². The Morgan fingerprint density at radius 1 is 0.886 bits per heavy atom. The lowest BCUT2D eigenvalue weighted by atomic mass is 9.95. The van der Waals surface area contributed by atoms with Gasteiger partial charge in [-0.25, -0.2) is 0 Å². The normalized spacial score (nSPS) is 17.1. The number of hydrogen-bond donors (Lipinski definition) is 3. The molecule has 1 aliphatic carbocycles. The predicted octanol–water partition coefficient (Wildman–Crippen LogP) is 3.66. The third-order valence-electron chi connectivity index (χ3n) is 6.83. The van der Waals surface area contributed by atoms with Crippen LogP contribution < -0.4 is 20.7 Å². The van der Waals surface area contributed by atoms with Crippen LogP contribution >= 0.6 is 0 Å². The van der Waals surface area contributed by atoms with Crippen molar-refractivity contribution in [2.45, 2.75) is 44.6 Å². The van der Waals surface area contributed by atoms with E-state index in [4.69, 9.17) is 4.74 Å². The highest BCUT2D eigenvalue weighted by atomic mass is 16.5. The molecule has 2 aromatic carbocycles. The molecule has 3 amide bonds. The zero-order valence-corrected chi connectivity index (χ0v) is 20.2. The number of amides is 3. The number of likely N-dealkylation sites (tertiary alicyclic amines) is 1. The van der Waals surface area contributed by atoms with Crippen molar-refractivity contribution in [2.24, 2.45) is 5.92 Å². The van der Waals surface area contributed by atoms with Gasteiger partial charge in [-0.3, -0.25) is 19.3 Å². The number of para-hydroxylation sites is 3. The maximum atomic E-state index is 12.7. The van der Waals surface area contributed by atoms with Crippen molar-refractivity contribution in [1.82, 2.24) is 10.2 Å². The molecular weight excluding hydrogens is 444 g/mol. The molecule has 1 saturated carbocycles. The van der Waals surface area contributed by atoms with Crippen molar-refractivity contribution in [3.63, 3.8) is 0 Å². The first-order valence-electron chi connectivity index (χ1n) is 12.4. The van der Waals surface area contributed by atoms with Gasteiger partial charge in [-0.05, 0) is 63.0 Å². The van der Waals surface area contributed by atoms with Crippen LogP contribution in [0.4, 0.5) is 11.4 Å². The predicted molar refractivity (Wildman–Crippen MR) is 136 cm³/mol. The summed E-state index contributed by atoms with van der Waals surface area (Å²) in [5.41, 5.74) is 1.68. The SMILES string of the molecule is COc1ccccc1NC(=O)C1CCN(CC(=O)Nc2ccccc2C(=O)NC2CCCC2)CC1. The highest BCUT2D eigenvalue weighted by Crippen LogP contribution is 2.26. The van der Waals surface area contributed by atoms with Gasteiger partial charge in [-0.15, -0.1) is 0 Å². The Bertz CT molecular complexity index is 1040. The van der Waals surface area contributed by atoms with E-state index in [1.807, 2.05) is 35.2 Å². The van der Waals surface area contributed by atoms with Gasteiger partial charge in [0.2, 0.25) is 11.8 Å². The molecule has 2 fully saturated rings. The van der Waals surface area contributed by atoms with Gasteiger partial charge in [0.1, 0.15) is 5.75 Å². The van der Waals surface area contributed by atoms with Gasteiger partial charge in [-0.2, -0.15) is 0 Å². The number of hydrogen-bond acceptors (Lipinski definition) is 5. The Labute approximate surface area is 206 Å². The Balaban J connectivity index is 1.26. The lowest BCUT2D eigenvalue weighted by Crippen LogP contribution is -2.42. The highest BCUT2D eigenvalue weighted by Gasteiger charge is 2.27. The summed E-state index contributed by atoms with van der Waals surface area (Å²) in [7, 11) is 1.58. The average molecular weight is 479 g/mol. The minimum atomic E-state index is -0.164. The second-order valence-corrected chi connectivity index (χ2v) is 9.29. The lowest BCUT2D eigenvalue weighted by Gasteiger charge is -2.30. The quantitative estimate of drug-likeness (QED) is 0.538. The number of benzene rings is 2. The second-order valence-electron chi connectivity index (χ2n) is 9.29. The number of piperidine rings is 1. The number of ether oxygens (including phenoxy) is 1. The molecule has 0 aromatic heterocycles. The fourth-order valence-electron chi connectivity index (χ4n) is 4.85. The van der Waals surface area contributed by atoms with Crippen LogP contribution in [0.5, 0.6) is 5.75 Å². The molecule has 3 N–H and O–H groups in total. The number of nitrogens with one attached hydrogen (secondary N) is 3. The van der Waals surface area contributed by atoms with Gasteiger partial charge in [0, 0.05) is 12.0 Å². The monoisotopic (exact) mass is 478 g/mol. The van der Waals surface area contributed by atoms with Crippen LogP contribution in [-0.4, -0.2) is 55.4 Å². The third kappa shape index (κ3) is 6.60. The van der Waals surface area contributed by atoms with Crippen LogP contribution in [0.2, 0.25) is 0 Å². The summed E-state index contributed by atoms with van der Waals surface area (Å²) >= 11 is 0. The minimum absolute atomic E-state index is 0.0270. The average Bonchev–Trinajstić information content (AvgIpc) is 3.38. The summed E-state index contributed by atoms with van der Waals surface area (Å²) in [4.78, 5) is 40.3. The van der Waals surface area contributed by atoms with E-state index in [0.29, 0.717) is 48.6 Å². The summed E-state index contributed by atoms with van der Waals surface area (Å²) in [6.45, 7) is 1.53. The van der Waals surface area contributed by atoms with Crippen molar-refractivity contribution in [3.8, 4) is 5.75 Å². The molecule has 0 radical (unpaired) electrons. The Morgan fingerprint density at radius 2 is 1.54 bits per heavy atom. The molecule has 0 spiro atoms. The van der Waals surface area contributed by atoms with Crippen LogP contribution in [0.15, 0.2) is 48.5 Å². The van der Waals surface area contributed by atoms with Gasteiger partial charge in [0.05, 0.1) is 30.6 Å². The molecular formula is C27H34N4O4. The number of carbonyl (C=O) groups excluding carboxylic acids is 3. The highest BCUT2D eigenvalue weighted by molar-refractivity contribution is 6.04. The van der Waals surface area contributed by atoms with Gasteiger partial charge in [-0.1, -0.05) is 37.1 Å². The molecule has 8 nitrogen and oxygen atoms in total. The van der Waals surface area contributed by atoms with Crippen LogP contribution in [0, 0.1) is 5.92 Å². The molecule has 0 atom stereocenters. The lowest BCUT2D eigenvalue weighted by molar-refractivity contribution is -0.121. The van der Waals surface area contributed by atoms with Crippen molar-refractivity contribution in [1.29, 1.82) is 0 Å². The zero-order valence-electron chi connectivity index (χ0n) is 20.2. The van der Waals surface area contributed by atoms with Crippen molar-refractivity contribution < 1.29 is 19.1 Å². The minimum Gasteiger partial charge on any atom is -0.495 e. The zero-order chi connectivity index (χ0) is 24.6. The molecule has 2 aromatic rings. The van der Waals surface area contributed by atoms with Crippen LogP contribution in [0.3, 0.4) is 0 Å². The number of rotatable bonds is 8. The molecule has 1 heterocycles. The molecule has 1 saturated heterocycles. The fourth-order valence-corrected chi connectivity index (χ4v) is 4.85. The maximum Gasteiger partial charge on any atom is 0.253 e. The maximum absolute atomic E-state index is 12.7. The third-order valence-corrected chi connectivity index (χ3v) is 6.83. The Kier molecular flexibility index (Phi) is 8.36. The number of carbonyl (C=O) groups is 3. The molecule has 4 rings (SSSR count). The van der Waals surface area contributed by atoms with Crippen molar-refractivity contribution >= 4 is 29.1 Å². The summed E-state index contributed by atoms with van der Waals surface area (Å²) in [6.07, 6.45) is 5.65. The second kappa shape index (κ2) is 11.8.